The lowest BCUT2D eigenvalue weighted by Gasteiger charge is -2.27. The summed E-state index contributed by atoms with van der Waals surface area (Å²) in [5, 5.41) is 14.8. The topological polar surface area (TPSA) is 78.4 Å². The predicted octanol–water partition coefficient (Wildman–Crippen LogP) is 0.211. The van der Waals surface area contributed by atoms with Gasteiger partial charge in [0.05, 0.1) is 5.92 Å². The van der Waals surface area contributed by atoms with E-state index in [0.29, 0.717) is 13.0 Å². The lowest BCUT2D eigenvalue weighted by atomic mass is 9.93. The Morgan fingerprint density at radius 3 is 2.50 bits per heavy atom. The van der Waals surface area contributed by atoms with E-state index in [1.54, 1.807) is 13.8 Å². The normalized spacial score (nSPS) is 28.4. The monoisotopic (exact) mass is 228 g/mol. The summed E-state index contributed by atoms with van der Waals surface area (Å²) < 4.78 is 0. The Kier molecular flexibility index (Phi) is 3.91. The number of carboxylic acid groups (broad SMARTS) is 1. The average Bonchev–Trinajstić information content (AvgIpc) is 2.64. The molecule has 0 aromatic rings. The van der Waals surface area contributed by atoms with Crippen LogP contribution < -0.4 is 10.6 Å². The minimum atomic E-state index is -1.15. The third-order valence-corrected chi connectivity index (χ3v) is 3.43. The predicted molar refractivity (Wildman–Crippen MR) is 60.0 cm³/mol. The molecule has 0 spiro atoms. The number of rotatable bonds is 4. The van der Waals surface area contributed by atoms with Gasteiger partial charge in [-0.3, -0.25) is 4.79 Å². The molecule has 1 rings (SSSR count). The Morgan fingerprint density at radius 1 is 1.50 bits per heavy atom. The zero-order valence-electron chi connectivity index (χ0n) is 10.0. The minimum Gasteiger partial charge on any atom is -0.480 e. The first kappa shape index (κ1) is 13.0. The maximum atomic E-state index is 11.9. The zero-order valence-corrected chi connectivity index (χ0v) is 10.0. The number of carbonyl (C=O) groups excluding carboxylic acids is 1. The highest BCUT2D eigenvalue weighted by Crippen LogP contribution is 2.18. The third-order valence-electron chi connectivity index (χ3n) is 3.43. The number of nitrogens with one attached hydrogen (secondary N) is 2. The Hall–Kier alpha value is -1.10. The summed E-state index contributed by atoms with van der Waals surface area (Å²) in [5.41, 5.74) is -1.15. The van der Waals surface area contributed by atoms with E-state index in [4.69, 9.17) is 5.11 Å². The molecule has 1 heterocycles. The van der Waals surface area contributed by atoms with Crippen LogP contribution in [0.25, 0.3) is 0 Å². The van der Waals surface area contributed by atoms with Crippen LogP contribution in [0.15, 0.2) is 0 Å². The fourth-order valence-electron chi connectivity index (χ4n) is 1.82. The van der Waals surface area contributed by atoms with Gasteiger partial charge < -0.3 is 15.7 Å². The maximum Gasteiger partial charge on any atom is 0.329 e. The van der Waals surface area contributed by atoms with Gasteiger partial charge in [0.2, 0.25) is 5.91 Å². The van der Waals surface area contributed by atoms with Crippen molar-refractivity contribution >= 4 is 11.9 Å². The second-order valence-electron chi connectivity index (χ2n) is 4.72. The van der Waals surface area contributed by atoms with E-state index in [2.05, 4.69) is 10.6 Å². The summed E-state index contributed by atoms with van der Waals surface area (Å²) in [5.74, 6) is -1.01. The van der Waals surface area contributed by atoms with Gasteiger partial charge in [-0.05, 0) is 25.8 Å². The van der Waals surface area contributed by atoms with Gasteiger partial charge in [-0.25, -0.2) is 4.79 Å². The Bertz CT molecular complexity index is 293. The summed E-state index contributed by atoms with van der Waals surface area (Å²) in [4.78, 5) is 23.0. The van der Waals surface area contributed by atoms with E-state index >= 15 is 0 Å². The van der Waals surface area contributed by atoms with Gasteiger partial charge in [-0.2, -0.15) is 0 Å². The highest BCUT2D eigenvalue weighted by molar-refractivity contribution is 5.88. The van der Waals surface area contributed by atoms with E-state index in [1.165, 1.54) is 0 Å². The zero-order chi connectivity index (χ0) is 12.3. The first-order valence-electron chi connectivity index (χ1n) is 5.67. The largest absolute Gasteiger partial charge is 0.480 e. The van der Waals surface area contributed by atoms with Crippen LogP contribution in [0, 0.1) is 11.8 Å². The maximum absolute atomic E-state index is 11.9. The van der Waals surface area contributed by atoms with Crippen LogP contribution in [0.1, 0.15) is 27.2 Å². The number of hydrogen-bond donors (Lipinski definition) is 3. The third kappa shape index (κ3) is 2.52. The Balaban J connectivity index is 2.65. The molecule has 92 valence electrons. The molecule has 1 aliphatic rings. The Morgan fingerprint density at radius 2 is 2.12 bits per heavy atom. The molecule has 3 N–H and O–H groups in total. The van der Waals surface area contributed by atoms with Crippen molar-refractivity contribution in [1.29, 1.82) is 0 Å². The second kappa shape index (κ2) is 4.82. The van der Waals surface area contributed by atoms with E-state index < -0.39 is 11.5 Å². The minimum absolute atomic E-state index is 0.120. The van der Waals surface area contributed by atoms with Crippen molar-refractivity contribution in [2.24, 2.45) is 11.8 Å². The van der Waals surface area contributed by atoms with Crippen molar-refractivity contribution in [2.45, 2.75) is 32.7 Å². The molecule has 0 radical (unpaired) electrons. The van der Waals surface area contributed by atoms with Crippen LogP contribution in [0.3, 0.4) is 0 Å². The molecular formula is C11H20N2O3. The first-order valence-corrected chi connectivity index (χ1v) is 5.67. The first-order chi connectivity index (χ1) is 7.40. The van der Waals surface area contributed by atoms with Gasteiger partial charge >= 0.3 is 5.97 Å². The Labute approximate surface area is 95.6 Å². The fourth-order valence-corrected chi connectivity index (χ4v) is 1.82. The van der Waals surface area contributed by atoms with Crippen molar-refractivity contribution in [3.8, 4) is 0 Å². The van der Waals surface area contributed by atoms with Gasteiger partial charge in [0.1, 0.15) is 5.54 Å². The van der Waals surface area contributed by atoms with Crippen molar-refractivity contribution in [2.75, 3.05) is 13.1 Å². The summed E-state index contributed by atoms with van der Waals surface area (Å²) in [6.07, 6.45) is 0.378. The summed E-state index contributed by atoms with van der Waals surface area (Å²) in [6.45, 7) is 6.74. The van der Waals surface area contributed by atoms with Crippen LogP contribution in [0.5, 0.6) is 0 Å². The van der Waals surface area contributed by atoms with Gasteiger partial charge in [0.15, 0.2) is 0 Å². The molecule has 0 aromatic carbocycles. The van der Waals surface area contributed by atoms with Crippen molar-refractivity contribution in [1.82, 2.24) is 10.6 Å². The molecule has 1 amide bonds. The second-order valence-corrected chi connectivity index (χ2v) is 4.72. The van der Waals surface area contributed by atoms with E-state index in [0.717, 1.165) is 6.54 Å². The lowest BCUT2D eigenvalue weighted by Crippen LogP contribution is -2.54. The van der Waals surface area contributed by atoms with Crippen LogP contribution in [-0.2, 0) is 9.59 Å². The molecule has 0 aliphatic carbocycles. The molecule has 0 aromatic heterocycles. The molecular weight excluding hydrogens is 208 g/mol. The summed E-state index contributed by atoms with van der Waals surface area (Å²) in [6, 6.07) is 0. The molecule has 16 heavy (non-hydrogen) atoms. The molecule has 1 unspecified atom stereocenters. The smallest absolute Gasteiger partial charge is 0.329 e. The SMILES string of the molecule is CCC(C)(NC(=O)[C@@H]1CNC[C@H]1C)C(=O)O. The van der Waals surface area contributed by atoms with Crippen LogP contribution in [0.4, 0.5) is 0 Å². The molecule has 5 heteroatoms. The quantitative estimate of drug-likeness (QED) is 0.643. The number of aliphatic carboxylic acids is 1. The van der Waals surface area contributed by atoms with Crippen molar-refractivity contribution in [3.63, 3.8) is 0 Å². The van der Waals surface area contributed by atoms with Crippen molar-refractivity contribution in [3.05, 3.63) is 0 Å². The highest BCUT2D eigenvalue weighted by Gasteiger charge is 2.37. The van der Waals surface area contributed by atoms with Crippen LogP contribution in [0.2, 0.25) is 0 Å². The number of hydrogen-bond acceptors (Lipinski definition) is 3. The van der Waals surface area contributed by atoms with Crippen LogP contribution in [-0.4, -0.2) is 35.6 Å². The standard InChI is InChI=1S/C11H20N2O3/c1-4-11(3,10(15)16)13-9(14)8-6-12-5-7(8)2/h7-8,12H,4-6H2,1-3H3,(H,13,14)(H,15,16)/t7-,8-,11?/m1/s1. The molecule has 5 nitrogen and oxygen atoms in total. The average molecular weight is 228 g/mol. The summed E-state index contributed by atoms with van der Waals surface area (Å²) in [7, 11) is 0. The lowest BCUT2D eigenvalue weighted by molar-refractivity contribution is -0.147. The molecule has 0 saturated carbocycles. The van der Waals surface area contributed by atoms with Gasteiger partial charge in [0, 0.05) is 6.54 Å². The fraction of sp³-hybridized carbons (Fsp3) is 0.818. The van der Waals surface area contributed by atoms with Gasteiger partial charge in [-0.15, -0.1) is 0 Å². The number of carboxylic acids is 1. The van der Waals surface area contributed by atoms with E-state index in [-0.39, 0.29) is 17.7 Å². The van der Waals surface area contributed by atoms with E-state index in [1.807, 2.05) is 6.92 Å². The molecule has 1 aliphatic heterocycles. The van der Waals surface area contributed by atoms with Crippen molar-refractivity contribution < 1.29 is 14.7 Å². The van der Waals surface area contributed by atoms with Crippen LogP contribution >= 0.6 is 0 Å². The molecule has 3 atom stereocenters. The van der Waals surface area contributed by atoms with E-state index in [9.17, 15) is 9.59 Å². The molecule has 1 saturated heterocycles. The van der Waals surface area contributed by atoms with Gasteiger partial charge in [-0.1, -0.05) is 13.8 Å². The number of amides is 1. The molecule has 0 bridgehead atoms. The van der Waals surface area contributed by atoms with Gasteiger partial charge in [0.25, 0.3) is 0 Å². The molecule has 1 fully saturated rings. The summed E-state index contributed by atoms with van der Waals surface area (Å²) >= 11 is 0. The highest BCUT2D eigenvalue weighted by atomic mass is 16.4. The number of carbonyl (C=O) groups is 2.